The van der Waals surface area contributed by atoms with Gasteiger partial charge in [-0.25, -0.2) is 4.39 Å². The van der Waals surface area contributed by atoms with Gasteiger partial charge in [0.2, 0.25) is 5.95 Å². The maximum Gasteiger partial charge on any atom is 0.249 e. The molecule has 2 aromatic carbocycles. The van der Waals surface area contributed by atoms with Gasteiger partial charge in [0.15, 0.2) is 5.82 Å². The molecule has 0 amide bonds. The van der Waals surface area contributed by atoms with Crippen LogP contribution in [0.1, 0.15) is 0 Å². The Balaban J connectivity index is 1.41. The number of anilines is 4. The fourth-order valence-electron chi connectivity index (χ4n) is 3.17. The lowest BCUT2D eigenvalue weighted by Crippen LogP contribution is -2.46. The smallest absolute Gasteiger partial charge is 0.249 e. The predicted octanol–water partition coefficient (Wildman–Crippen LogP) is 3.09. The molecule has 0 unspecified atom stereocenters. The number of hydrogen-bond donors (Lipinski definition) is 1. The molecule has 0 bridgehead atoms. The minimum Gasteiger partial charge on any atom is -0.497 e. The fourth-order valence-corrected chi connectivity index (χ4v) is 3.17. The zero-order valence-electron chi connectivity index (χ0n) is 15.5. The van der Waals surface area contributed by atoms with Crippen molar-refractivity contribution < 1.29 is 9.13 Å². The van der Waals surface area contributed by atoms with E-state index >= 15 is 0 Å². The van der Waals surface area contributed by atoms with E-state index in [1.807, 2.05) is 12.1 Å². The standard InChI is InChI=1S/C20H21FN6O/c1-28-16-8-6-15(7-9-16)26-10-12-27(13-11-26)19-14-22-25-20(24-19)23-18-5-3-2-4-17(18)21/h2-9,14H,10-13H2,1H3,(H,23,24,25). The first-order valence-electron chi connectivity index (χ1n) is 9.08. The highest BCUT2D eigenvalue weighted by atomic mass is 19.1. The molecule has 8 heteroatoms. The number of nitrogens with zero attached hydrogens (tertiary/aromatic N) is 5. The number of methoxy groups -OCH3 is 1. The summed E-state index contributed by atoms with van der Waals surface area (Å²) in [6, 6.07) is 14.5. The van der Waals surface area contributed by atoms with E-state index in [0.29, 0.717) is 5.69 Å². The summed E-state index contributed by atoms with van der Waals surface area (Å²) < 4.78 is 19.0. The number of para-hydroxylation sites is 1. The Morgan fingerprint density at radius 1 is 0.964 bits per heavy atom. The Hall–Kier alpha value is -3.42. The van der Waals surface area contributed by atoms with Crippen molar-refractivity contribution >= 4 is 23.1 Å². The lowest BCUT2D eigenvalue weighted by Gasteiger charge is -2.36. The third-order valence-corrected chi connectivity index (χ3v) is 4.71. The zero-order chi connectivity index (χ0) is 19.3. The first-order valence-corrected chi connectivity index (χ1v) is 9.08. The van der Waals surface area contributed by atoms with Gasteiger partial charge < -0.3 is 19.9 Å². The summed E-state index contributed by atoms with van der Waals surface area (Å²) in [6.07, 6.45) is 1.63. The van der Waals surface area contributed by atoms with Gasteiger partial charge in [-0.1, -0.05) is 12.1 Å². The molecule has 7 nitrogen and oxygen atoms in total. The van der Waals surface area contributed by atoms with E-state index in [2.05, 4.69) is 42.4 Å². The average Bonchev–Trinajstić information content (AvgIpc) is 2.76. The topological polar surface area (TPSA) is 66.4 Å². The number of ether oxygens (including phenoxy) is 1. The summed E-state index contributed by atoms with van der Waals surface area (Å²) in [6.45, 7) is 3.35. The summed E-state index contributed by atoms with van der Waals surface area (Å²) >= 11 is 0. The van der Waals surface area contributed by atoms with Crippen molar-refractivity contribution in [3.05, 3.63) is 60.5 Å². The summed E-state index contributed by atoms with van der Waals surface area (Å²) in [5.41, 5.74) is 1.49. The number of halogens is 1. The first-order chi connectivity index (χ1) is 13.7. The normalized spacial score (nSPS) is 14.1. The monoisotopic (exact) mass is 380 g/mol. The van der Waals surface area contributed by atoms with Crippen molar-refractivity contribution in [2.75, 3.05) is 48.4 Å². The third kappa shape index (κ3) is 3.95. The van der Waals surface area contributed by atoms with Gasteiger partial charge in [0.05, 0.1) is 19.0 Å². The second kappa shape index (κ2) is 8.08. The van der Waals surface area contributed by atoms with Crippen LogP contribution in [-0.2, 0) is 0 Å². The molecule has 0 spiro atoms. The zero-order valence-corrected chi connectivity index (χ0v) is 15.5. The molecular formula is C20H21FN6O. The van der Waals surface area contributed by atoms with Crippen LogP contribution >= 0.6 is 0 Å². The van der Waals surface area contributed by atoms with Crippen LogP contribution in [0, 0.1) is 5.82 Å². The van der Waals surface area contributed by atoms with Gasteiger partial charge in [-0.05, 0) is 36.4 Å². The lowest BCUT2D eigenvalue weighted by atomic mass is 10.2. The number of rotatable bonds is 5. The Labute approximate surface area is 162 Å². The van der Waals surface area contributed by atoms with Gasteiger partial charge in [0.25, 0.3) is 0 Å². The minimum absolute atomic E-state index is 0.278. The second-order valence-electron chi connectivity index (χ2n) is 6.42. The molecule has 144 valence electrons. The molecule has 0 saturated carbocycles. The quantitative estimate of drug-likeness (QED) is 0.730. The molecule has 2 heterocycles. The van der Waals surface area contributed by atoms with E-state index in [9.17, 15) is 4.39 Å². The molecule has 1 N–H and O–H groups in total. The van der Waals surface area contributed by atoms with Crippen LogP contribution in [0.15, 0.2) is 54.7 Å². The van der Waals surface area contributed by atoms with Crippen LogP contribution in [0.3, 0.4) is 0 Å². The number of nitrogens with one attached hydrogen (secondary N) is 1. The van der Waals surface area contributed by atoms with Crippen LogP contribution in [0.5, 0.6) is 5.75 Å². The number of benzene rings is 2. The SMILES string of the molecule is COc1ccc(N2CCN(c3cnnc(Nc4ccccc4F)n3)CC2)cc1. The Morgan fingerprint density at radius 2 is 1.68 bits per heavy atom. The van der Waals surface area contributed by atoms with Crippen LogP contribution in [0.2, 0.25) is 0 Å². The summed E-state index contributed by atoms with van der Waals surface area (Å²) in [5, 5.41) is 10.9. The molecule has 1 aromatic heterocycles. The average molecular weight is 380 g/mol. The van der Waals surface area contributed by atoms with E-state index in [-0.39, 0.29) is 11.8 Å². The maximum absolute atomic E-state index is 13.8. The Morgan fingerprint density at radius 3 is 2.39 bits per heavy atom. The predicted molar refractivity (Wildman–Crippen MR) is 107 cm³/mol. The molecule has 0 radical (unpaired) electrons. The molecule has 1 saturated heterocycles. The van der Waals surface area contributed by atoms with Gasteiger partial charge >= 0.3 is 0 Å². The maximum atomic E-state index is 13.8. The molecule has 4 rings (SSSR count). The molecule has 0 aliphatic carbocycles. The summed E-state index contributed by atoms with van der Waals surface area (Å²) in [4.78, 5) is 8.97. The third-order valence-electron chi connectivity index (χ3n) is 4.71. The highest BCUT2D eigenvalue weighted by Gasteiger charge is 2.19. The van der Waals surface area contributed by atoms with Gasteiger partial charge in [-0.2, -0.15) is 10.1 Å². The van der Waals surface area contributed by atoms with Crippen molar-refractivity contribution in [1.82, 2.24) is 15.2 Å². The molecule has 1 aliphatic heterocycles. The molecule has 1 aliphatic rings. The Bertz CT molecular complexity index is 928. The van der Waals surface area contributed by atoms with E-state index in [1.54, 1.807) is 31.5 Å². The highest BCUT2D eigenvalue weighted by Crippen LogP contribution is 2.23. The number of piperazine rings is 1. The van der Waals surface area contributed by atoms with Gasteiger partial charge in [-0.3, -0.25) is 0 Å². The van der Waals surface area contributed by atoms with Gasteiger partial charge in [0.1, 0.15) is 11.6 Å². The molecular weight excluding hydrogens is 359 g/mol. The van der Waals surface area contributed by atoms with E-state index in [1.165, 1.54) is 11.8 Å². The van der Waals surface area contributed by atoms with E-state index in [0.717, 1.165) is 37.7 Å². The largest absolute Gasteiger partial charge is 0.497 e. The van der Waals surface area contributed by atoms with Gasteiger partial charge in [-0.15, -0.1) is 5.10 Å². The van der Waals surface area contributed by atoms with Crippen molar-refractivity contribution in [1.29, 1.82) is 0 Å². The Kier molecular flexibility index (Phi) is 5.18. The van der Waals surface area contributed by atoms with Gasteiger partial charge in [0, 0.05) is 31.9 Å². The van der Waals surface area contributed by atoms with Crippen LogP contribution in [0.4, 0.5) is 27.5 Å². The van der Waals surface area contributed by atoms with Crippen molar-refractivity contribution in [3.63, 3.8) is 0 Å². The summed E-state index contributed by atoms with van der Waals surface area (Å²) in [5.74, 6) is 1.50. The van der Waals surface area contributed by atoms with Crippen molar-refractivity contribution in [2.24, 2.45) is 0 Å². The molecule has 28 heavy (non-hydrogen) atoms. The van der Waals surface area contributed by atoms with E-state index < -0.39 is 0 Å². The molecule has 0 atom stereocenters. The lowest BCUT2D eigenvalue weighted by molar-refractivity contribution is 0.415. The second-order valence-corrected chi connectivity index (χ2v) is 6.42. The van der Waals surface area contributed by atoms with Crippen molar-refractivity contribution in [2.45, 2.75) is 0 Å². The van der Waals surface area contributed by atoms with E-state index in [4.69, 9.17) is 4.74 Å². The molecule has 3 aromatic rings. The van der Waals surface area contributed by atoms with Crippen LogP contribution < -0.4 is 19.9 Å². The van der Waals surface area contributed by atoms with Crippen LogP contribution in [0.25, 0.3) is 0 Å². The molecule has 1 fully saturated rings. The highest BCUT2D eigenvalue weighted by molar-refractivity contribution is 5.55. The number of aromatic nitrogens is 3. The summed E-state index contributed by atoms with van der Waals surface area (Å²) in [7, 11) is 1.67. The minimum atomic E-state index is -0.357. The van der Waals surface area contributed by atoms with Crippen molar-refractivity contribution in [3.8, 4) is 5.75 Å². The fraction of sp³-hybridized carbons (Fsp3) is 0.250. The van der Waals surface area contributed by atoms with Crippen LogP contribution in [-0.4, -0.2) is 48.5 Å². The first kappa shape index (κ1) is 18.0. The number of hydrogen-bond acceptors (Lipinski definition) is 7.